The van der Waals surface area contributed by atoms with Crippen molar-refractivity contribution < 1.29 is 9.53 Å². The normalized spacial score (nSPS) is 9.47. The summed E-state index contributed by atoms with van der Waals surface area (Å²) in [6.07, 6.45) is 0.374. The van der Waals surface area contributed by atoms with E-state index in [-0.39, 0.29) is 18.3 Å². The quantitative estimate of drug-likeness (QED) is 0.720. The van der Waals surface area contributed by atoms with E-state index in [1.165, 1.54) is 0 Å². The van der Waals surface area contributed by atoms with Crippen molar-refractivity contribution in [1.29, 1.82) is 0 Å². The maximum absolute atomic E-state index is 11.0. The van der Waals surface area contributed by atoms with Gasteiger partial charge in [-0.3, -0.25) is 4.79 Å². The number of rotatable bonds is 7. The Morgan fingerprint density at radius 2 is 2.00 bits per heavy atom. The van der Waals surface area contributed by atoms with Crippen LogP contribution in [0.4, 0.5) is 0 Å². The van der Waals surface area contributed by atoms with Gasteiger partial charge in [0.15, 0.2) is 0 Å². The number of hydrogen-bond acceptors (Lipinski definition) is 3. The molecule has 0 aliphatic carbocycles. The number of amides is 1. The van der Waals surface area contributed by atoms with E-state index in [0.717, 1.165) is 5.56 Å². The highest BCUT2D eigenvalue weighted by atomic mass is 35.5. The molecule has 0 heterocycles. The van der Waals surface area contributed by atoms with E-state index >= 15 is 0 Å². The number of benzene rings is 1. The number of halogens is 1. The first-order chi connectivity index (χ1) is 7.83. The summed E-state index contributed by atoms with van der Waals surface area (Å²) in [5, 5.41) is 2.73. The largest absolute Gasteiger partial charge is 0.375 e. The maximum atomic E-state index is 11.0. The van der Waals surface area contributed by atoms with Gasteiger partial charge in [-0.25, -0.2) is 0 Å². The van der Waals surface area contributed by atoms with Gasteiger partial charge in [0, 0.05) is 19.5 Å². The molecule has 4 nitrogen and oxygen atoms in total. The van der Waals surface area contributed by atoms with E-state index in [9.17, 15) is 4.79 Å². The minimum absolute atomic E-state index is 0. The molecular weight excluding hydrogens is 240 g/mol. The number of ether oxygens (including phenoxy) is 1. The highest BCUT2D eigenvalue weighted by Gasteiger charge is 1.97. The lowest BCUT2D eigenvalue weighted by atomic mass is 10.2. The summed E-state index contributed by atoms with van der Waals surface area (Å²) < 4.78 is 5.40. The van der Waals surface area contributed by atoms with Crippen molar-refractivity contribution in [3.63, 3.8) is 0 Å². The summed E-state index contributed by atoms with van der Waals surface area (Å²) in [7, 11) is 0. The van der Waals surface area contributed by atoms with Crippen molar-refractivity contribution >= 4 is 18.3 Å². The Morgan fingerprint density at radius 1 is 1.29 bits per heavy atom. The Hall–Kier alpha value is -1.10. The molecule has 0 unspecified atom stereocenters. The molecule has 5 heteroatoms. The molecule has 0 bridgehead atoms. The minimum Gasteiger partial charge on any atom is -0.375 e. The molecule has 0 aliphatic heterocycles. The predicted octanol–water partition coefficient (Wildman–Crippen LogP) is 1.09. The van der Waals surface area contributed by atoms with E-state index < -0.39 is 0 Å². The molecule has 0 atom stereocenters. The Balaban J connectivity index is 0.00000256. The number of carbonyl (C=O) groups is 1. The fourth-order valence-corrected chi connectivity index (χ4v) is 1.25. The van der Waals surface area contributed by atoms with E-state index in [1.54, 1.807) is 0 Å². The van der Waals surface area contributed by atoms with Crippen molar-refractivity contribution in [2.24, 2.45) is 5.73 Å². The van der Waals surface area contributed by atoms with Crippen LogP contribution < -0.4 is 11.1 Å². The van der Waals surface area contributed by atoms with Crippen LogP contribution in [0.1, 0.15) is 12.0 Å². The third kappa shape index (κ3) is 7.74. The molecule has 1 amide bonds. The van der Waals surface area contributed by atoms with Crippen LogP contribution in [0.5, 0.6) is 0 Å². The van der Waals surface area contributed by atoms with Crippen molar-refractivity contribution in [2.45, 2.75) is 13.0 Å². The molecule has 0 saturated heterocycles. The third-order valence-corrected chi connectivity index (χ3v) is 2.05. The van der Waals surface area contributed by atoms with Crippen LogP contribution in [-0.4, -0.2) is 25.6 Å². The van der Waals surface area contributed by atoms with Gasteiger partial charge in [0.05, 0.1) is 13.2 Å². The molecule has 0 aliphatic rings. The summed E-state index contributed by atoms with van der Waals surface area (Å²) in [5.74, 6) is -0.0224. The van der Waals surface area contributed by atoms with Gasteiger partial charge in [0.25, 0.3) is 0 Å². The molecule has 17 heavy (non-hydrogen) atoms. The molecule has 0 saturated carbocycles. The van der Waals surface area contributed by atoms with Crippen LogP contribution in [0, 0.1) is 0 Å². The lowest BCUT2D eigenvalue weighted by Gasteiger charge is -2.05. The molecule has 0 aromatic heterocycles. The lowest BCUT2D eigenvalue weighted by molar-refractivity contribution is -0.121. The number of nitrogens with one attached hydrogen (secondary N) is 1. The predicted molar refractivity (Wildman–Crippen MR) is 70.0 cm³/mol. The first-order valence-corrected chi connectivity index (χ1v) is 5.41. The van der Waals surface area contributed by atoms with Crippen LogP contribution in [0.3, 0.4) is 0 Å². The highest BCUT2D eigenvalue weighted by Crippen LogP contribution is 1.99. The molecule has 1 aromatic rings. The van der Waals surface area contributed by atoms with Gasteiger partial charge in [0.2, 0.25) is 5.91 Å². The van der Waals surface area contributed by atoms with Gasteiger partial charge >= 0.3 is 0 Å². The smallest absolute Gasteiger partial charge is 0.221 e. The molecule has 1 rings (SSSR count). The van der Waals surface area contributed by atoms with Gasteiger partial charge < -0.3 is 15.8 Å². The molecule has 1 aromatic carbocycles. The highest BCUT2D eigenvalue weighted by molar-refractivity contribution is 5.85. The fourth-order valence-electron chi connectivity index (χ4n) is 1.25. The molecule has 0 radical (unpaired) electrons. The number of carbonyl (C=O) groups excluding carboxylic acids is 1. The van der Waals surface area contributed by atoms with Gasteiger partial charge in [-0.15, -0.1) is 12.4 Å². The van der Waals surface area contributed by atoms with Crippen molar-refractivity contribution in [3.8, 4) is 0 Å². The van der Waals surface area contributed by atoms with Gasteiger partial charge in [-0.1, -0.05) is 30.3 Å². The summed E-state index contributed by atoms with van der Waals surface area (Å²) >= 11 is 0. The second-order valence-electron chi connectivity index (χ2n) is 3.43. The molecule has 0 fully saturated rings. The van der Waals surface area contributed by atoms with Crippen molar-refractivity contribution in [1.82, 2.24) is 5.32 Å². The third-order valence-electron chi connectivity index (χ3n) is 2.05. The van der Waals surface area contributed by atoms with Crippen LogP contribution in [-0.2, 0) is 16.1 Å². The first-order valence-electron chi connectivity index (χ1n) is 5.41. The van der Waals surface area contributed by atoms with E-state index in [4.69, 9.17) is 10.5 Å². The average molecular weight is 259 g/mol. The van der Waals surface area contributed by atoms with Crippen LogP contribution in [0.15, 0.2) is 30.3 Å². The van der Waals surface area contributed by atoms with Crippen LogP contribution in [0.25, 0.3) is 0 Å². The molecule has 3 N–H and O–H groups in total. The Bertz CT molecular complexity index is 307. The van der Waals surface area contributed by atoms with E-state index in [0.29, 0.717) is 32.7 Å². The van der Waals surface area contributed by atoms with Crippen molar-refractivity contribution in [2.75, 3.05) is 19.7 Å². The topological polar surface area (TPSA) is 64.4 Å². The summed E-state index contributed by atoms with van der Waals surface area (Å²) in [6, 6.07) is 9.93. The summed E-state index contributed by atoms with van der Waals surface area (Å²) in [5.41, 5.74) is 6.38. The second kappa shape index (κ2) is 10.1. The van der Waals surface area contributed by atoms with Gasteiger partial charge in [-0.2, -0.15) is 0 Å². The Kier molecular flexibility index (Phi) is 9.43. The Labute approximate surface area is 108 Å². The standard InChI is InChI=1S/C12H18N2O2.ClH/c13-7-6-12(15)14-8-9-16-10-11-4-2-1-3-5-11;/h1-5H,6-10,13H2,(H,14,15);1H. The zero-order valence-corrected chi connectivity index (χ0v) is 10.5. The number of nitrogens with two attached hydrogens (primary N) is 1. The Morgan fingerprint density at radius 3 is 2.65 bits per heavy atom. The molecule has 96 valence electrons. The lowest BCUT2D eigenvalue weighted by Crippen LogP contribution is -2.28. The first kappa shape index (κ1) is 15.9. The zero-order chi connectivity index (χ0) is 11.6. The monoisotopic (exact) mass is 258 g/mol. The van der Waals surface area contributed by atoms with Crippen LogP contribution >= 0.6 is 12.4 Å². The number of hydrogen-bond donors (Lipinski definition) is 2. The zero-order valence-electron chi connectivity index (χ0n) is 9.72. The van der Waals surface area contributed by atoms with Gasteiger partial charge in [0.1, 0.15) is 0 Å². The summed E-state index contributed by atoms with van der Waals surface area (Å²) in [4.78, 5) is 11.0. The maximum Gasteiger partial charge on any atom is 0.221 e. The average Bonchev–Trinajstić information content (AvgIpc) is 2.30. The van der Waals surface area contributed by atoms with Crippen LogP contribution in [0.2, 0.25) is 0 Å². The molecule has 0 spiro atoms. The summed E-state index contributed by atoms with van der Waals surface area (Å²) in [6.45, 7) is 2.02. The van der Waals surface area contributed by atoms with Gasteiger partial charge in [-0.05, 0) is 5.56 Å². The van der Waals surface area contributed by atoms with E-state index in [2.05, 4.69) is 5.32 Å². The minimum atomic E-state index is -0.0224. The fraction of sp³-hybridized carbons (Fsp3) is 0.417. The molecular formula is C12H19ClN2O2. The van der Waals surface area contributed by atoms with Crippen molar-refractivity contribution in [3.05, 3.63) is 35.9 Å². The van der Waals surface area contributed by atoms with E-state index in [1.807, 2.05) is 30.3 Å². The SMILES string of the molecule is Cl.NCCC(=O)NCCOCc1ccccc1. The second-order valence-corrected chi connectivity index (χ2v) is 3.43.